The molecule has 0 aliphatic heterocycles. The van der Waals surface area contributed by atoms with Gasteiger partial charge >= 0.3 is 0 Å². The molecule has 2 aromatic carbocycles. The summed E-state index contributed by atoms with van der Waals surface area (Å²) >= 11 is 4.82. The van der Waals surface area contributed by atoms with Gasteiger partial charge in [0.05, 0.1) is 22.6 Å². The maximum atomic E-state index is 9.57. The molecule has 0 aliphatic rings. The van der Waals surface area contributed by atoms with Crippen LogP contribution in [0.25, 0.3) is 17.1 Å². The Morgan fingerprint density at radius 2 is 1.96 bits per heavy atom. The van der Waals surface area contributed by atoms with Crippen LogP contribution in [0, 0.1) is 18.3 Å². The van der Waals surface area contributed by atoms with E-state index in [0.29, 0.717) is 28.1 Å². The highest BCUT2D eigenvalue weighted by Crippen LogP contribution is 2.29. The van der Waals surface area contributed by atoms with Gasteiger partial charge in [0.1, 0.15) is 6.07 Å². The van der Waals surface area contributed by atoms with Gasteiger partial charge in [-0.15, -0.1) is 10.2 Å². The number of rotatable bonds is 5. The molecule has 2 heterocycles. The van der Waals surface area contributed by atoms with Gasteiger partial charge in [0.25, 0.3) is 5.22 Å². The van der Waals surface area contributed by atoms with E-state index >= 15 is 0 Å². The molecule has 4 aromatic rings. The third-order valence-electron chi connectivity index (χ3n) is 4.08. The van der Waals surface area contributed by atoms with Crippen LogP contribution in [0.2, 0.25) is 0 Å². The smallest absolute Gasteiger partial charge is 0.277 e. The zero-order valence-electron chi connectivity index (χ0n) is 14.8. The number of aromatic nitrogens is 4. The zero-order valence-corrected chi connectivity index (χ0v) is 17.2. The lowest BCUT2D eigenvalue weighted by Crippen LogP contribution is -2.02. The molecule has 0 saturated heterocycles. The minimum atomic E-state index is 0.442. The molecule has 0 N–H and O–H groups in total. The largest absolute Gasteiger partial charge is 0.411 e. The first-order chi connectivity index (χ1) is 13.7. The summed E-state index contributed by atoms with van der Waals surface area (Å²) in [7, 11) is 0. The maximum Gasteiger partial charge on any atom is 0.277 e. The van der Waals surface area contributed by atoms with E-state index in [-0.39, 0.29) is 0 Å². The van der Waals surface area contributed by atoms with Crippen LogP contribution < -0.4 is 0 Å². The van der Waals surface area contributed by atoms with Crippen LogP contribution in [-0.4, -0.2) is 20.0 Å². The van der Waals surface area contributed by atoms with E-state index in [1.807, 2.05) is 61.5 Å². The predicted molar refractivity (Wildman–Crippen MR) is 110 cm³/mol. The van der Waals surface area contributed by atoms with Gasteiger partial charge in [-0.3, -0.25) is 0 Å². The highest BCUT2D eigenvalue weighted by atomic mass is 79.9. The Labute approximate surface area is 174 Å². The van der Waals surface area contributed by atoms with Crippen molar-refractivity contribution < 1.29 is 4.42 Å². The first-order valence-electron chi connectivity index (χ1n) is 8.42. The Morgan fingerprint density at radius 1 is 1.14 bits per heavy atom. The minimum absolute atomic E-state index is 0.442. The quantitative estimate of drug-likeness (QED) is 0.390. The first kappa shape index (κ1) is 18.5. The second-order valence-corrected chi connectivity index (χ2v) is 7.78. The summed E-state index contributed by atoms with van der Waals surface area (Å²) in [5.74, 6) is 0.940. The number of nitrogens with zero attached hydrogens (tertiary/aromatic N) is 5. The predicted octanol–water partition coefficient (Wildman–Crippen LogP) is 5.16. The van der Waals surface area contributed by atoms with E-state index in [2.05, 4.69) is 37.3 Å². The normalized spacial score (nSPS) is 10.8. The van der Waals surface area contributed by atoms with E-state index in [9.17, 15) is 5.26 Å². The number of hydrogen-bond acceptors (Lipinski definition) is 6. The summed E-state index contributed by atoms with van der Waals surface area (Å²) in [6, 6.07) is 19.7. The lowest BCUT2D eigenvalue weighted by Gasteiger charge is -2.06. The fourth-order valence-electron chi connectivity index (χ4n) is 2.77. The van der Waals surface area contributed by atoms with Crippen molar-refractivity contribution in [3.63, 3.8) is 0 Å². The van der Waals surface area contributed by atoms with Gasteiger partial charge in [-0.1, -0.05) is 52.0 Å². The SMILES string of the molecule is Cc1nn(-c2ccccc2)c(CSc2nnc(-c3cccc(Br)c3)o2)c1C#N. The summed E-state index contributed by atoms with van der Waals surface area (Å²) in [5, 5.41) is 22.8. The van der Waals surface area contributed by atoms with Crippen LogP contribution in [0.15, 0.2) is 68.7 Å². The number of para-hydroxylation sites is 1. The molecule has 8 heteroatoms. The van der Waals surface area contributed by atoms with Crippen molar-refractivity contribution in [2.75, 3.05) is 0 Å². The fraction of sp³-hybridized carbons (Fsp3) is 0.100. The van der Waals surface area contributed by atoms with Crippen LogP contribution >= 0.6 is 27.7 Å². The molecule has 6 nitrogen and oxygen atoms in total. The van der Waals surface area contributed by atoms with Crippen LogP contribution in [0.1, 0.15) is 17.0 Å². The number of hydrogen-bond donors (Lipinski definition) is 0. The van der Waals surface area contributed by atoms with Crippen molar-refractivity contribution in [3.8, 4) is 23.2 Å². The topological polar surface area (TPSA) is 80.5 Å². The van der Waals surface area contributed by atoms with Crippen molar-refractivity contribution in [2.24, 2.45) is 0 Å². The average Bonchev–Trinajstić information content (AvgIpc) is 3.31. The van der Waals surface area contributed by atoms with Crippen LogP contribution in [0.4, 0.5) is 0 Å². The highest BCUT2D eigenvalue weighted by molar-refractivity contribution is 9.10. The van der Waals surface area contributed by atoms with E-state index < -0.39 is 0 Å². The molecular weight excluding hydrogens is 438 g/mol. The summed E-state index contributed by atoms with van der Waals surface area (Å²) in [6.45, 7) is 1.84. The number of halogens is 1. The van der Waals surface area contributed by atoms with Gasteiger partial charge in [0, 0.05) is 15.8 Å². The second-order valence-electron chi connectivity index (χ2n) is 5.94. The van der Waals surface area contributed by atoms with Crippen molar-refractivity contribution in [1.29, 1.82) is 5.26 Å². The molecule has 0 saturated carbocycles. The molecule has 0 radical (unpaired) electrons. The number of nitriles is 1. The first-order valence-corrected chi connectivity index (χ1v) is 10.2. The Bertz CT molecular complexity index is 1160. The molecule has 0 fully saturated rings. The molecule has 2 aromatic heterocycles. The Morgan fingerprint density at radius 3 is 2.71 bits per heavy atom. The van der Waals surface area contributed by atoms with Gasteiger partial charge in [0.15, 0.2) is 0 Å². The molecule has 138 valence electrons. The molecule has 4 rings (SSSR count). The molecule has 28 heavy (non-hydrogen) atoms. The molecular formula is C20H14BrN5OS. The lowest BCUT2D eigenvalue weighted by molar-refractivity contribution is 0.465. The monoisotopic (exact) mass is 451 g/mol. The third kappa shape index (κ3) is 3.72. The van der Waals surface area contributed by atoms with Gasteiger partial charge in [-0.05, 0) is 37.3 Å². The molecule has 0 unspecified atom stereocenters. The van der Waals surface area contributed by atoms with E-state index in [4.69, 9.17) is 4.42 Å². The fourth-order valence-corrected chi connectivity index (χ4v) is 3.94. The second kappa shape index (κ2) is 8.00. The Hall–Kier alpha value is -2.89. The van der Waals surface area contributed by atoms with Crippen molar-refractivity contribution in [3.05, 3.63) is 76.0 Å². The minimum Gasteiger partial charge on any atom is -0.411 e. The van der Waals surface area contributed by atoms with Crippen LogP contribution in [0.3, 0.4) is 0 Å². The van der Waals surface area contributed by atoms with Gasteiger partial charge in [-0.25, -0.2) is 4.68 Å². The van der Waals surface area contributed by atoms with Crippen LogP contribution in [0.5, 0.6) is 0 Å². The highest BCUT2D eigenvalue weighted by Gasteiger charge is 2.18. The van der Waals surface area contributed by atoms with Crippen LogP contribution in [-0.2, 0) is 5.75 Å². The van der Waals surface area contributed by atoms with E-state index in [0.717, 1.165) is 21.4 Å². The standard InChI is InChI=1S/C20H14BrN5OS/c1-13-17(11-22)18(26(25-13)16-8-3-2-4-9-16)12-28-20-24-23-19(27-20)14-6-5-7-15(21)10-14/h2-10H,12H2,1H3. The lowest BCUT2D eigenvalue weighted by atomic mass is 10.2. The van der Waals surface area contributed by atoms with Crippen molar-refractivity contribution in [2.45, 2.75) is 17.9 Å². The molecule has 0 amide bonds. The van der Waals surface area contributed by atoms with Crippen molar-refractivity contribution in [1.82, 2.24) is 20.0 Å². The maximum absolute atomic E-state index is 9.57. The summed E-state index contributed by atoms with van der Waals surface area (Å²) in [6.07, 6.45) is 0. The third-order valence-corrected chi connectivity index (χ3v) is 5.40. The molecule has 0 bridgehead atoms. The van der Waals surface area contributed by atoms with Gasteiger partial charge < -0.3 is 4.42 Å². The molecule has 0 spiro atoms. The average molecular weight is 452 g/mol. The van der Waals surface area contributed by atoms with Gasteiger partial charge in [0.2, 0.25) is 5.89 Å². The summed E-state index contributed by atoms with van der Waals surface area (Å²) < 4.78 is 8.52. The van der Waals surface area contributed by atoms with Gasteiger partial charge in [-0.2, -0.15) is 10.4 Å². The molecule has 0 atom stereocenters. The van der Waals surface area contributed by atoms with E-state index in [1.165, 1.54) is 11.8 Å². The van der Waals surface area contributed by atoms with E-state index in [1.54, 1.807) is 4.68 Å². The number of thioether (sulfide) groups is 1. The summed E-state index contributed by atoms with van der Waals surface area (Å²) in [4.78, 5) is 0. The Balaban J connectivity index is 1.60. The number of benzene rings is 2. The summed E-state index contributed by atoms with van der Waals surface area (Å²) in [5.41, 5.74) is 3.82. The van der Waals surface area contributed by atoms with Crippen molar-refractivity contribution >= 4 is 27.7 Å². The zero-order chi connectivity index (χ0) is 19.5. The molecule has 0 aliphatic carbocycles. The Kier molecular flexibility index (Phi) is 5.28. The number of aryl methyl sites for hydroxylation is 1.